The molecule has 2 unspecified atom stereocenters. The molecule has 0 spiro atoms. The Morgan fingerprint density at radius 3 is 2.52 bits per heavy atom. The first-order valence-electron chi connectivity index (χ1n) is 7.21. The minimum absolute atomic E-state index is 0.104. The number of hydrogen-bond donors (Lipinski definition) is 2. The smallest absolute Gasteiger partial charge is 0.321 e. The number of urea groups is 1. The summed E-state index contributed by atoms with van der Waals surface area (Å²) in [6.07, 6.45) is 0. The molecule has 120 valence electrons. The van der Waals surface area contributed by atoms with Gasteiger partial charge in [0.1, 0.15) is 0 Å². The van der Waals surface area contributed by atoms with E-state index in [1.807, 2.05) is 25.7 Å². The number of nitrogens with one attached hydrogen (secondary N) is 2. The van der Waals surface area contributed by atoms with E-state index in [-0.39, 0.29) is 30.3 Å². The average Bonchev–Trinajstić information content (AvgIpc) is 2.76. The van der Waals surface area contributed by atoms with Crippen molar-refractivity contribution < 1.29 is 19.1 Å². The van der Waals surface area contributed by atoms with Crippen LogP contribution in [0.5, 0.6) is 0 Å². The molecule has 21 heavy (non-hydrogen) atoms. The van der Waals surface area contributed by atoms with Crippen LogP contribution in [0.4, 0.5) is 4.79 Å². The lowest BCUT2D eigenvalue weighted by molar-refractivity contribution is -0.146. The Hall–Kier alpha value is -1.63. The summed E-state index contributed by atoms with van der Waals surface area (Å²) in [6, 6.07) is -0.481. The Balaban J connectivity index is 2.36. The van der Waals surface area contributed by atoms with Crippen LogP contribution in [-0.2, 0) is 14.3 Å². The van der Waals surface area contributed by atoms with Gasteiger partial charge in [-0.15, -0.1) is 0 Å². The summed E-state index contributed by atoms with van der Waals surface area (Å²) in [7, 11) is 1.36. The highest BCUT2D eigenvalue weighted by atomic mass is 16.5. The molecular weight excluding hydrogens is 274 g/mol. The van der Waals surface area contributed by atoms with Crippen LogP contribution in [0.2, 0.25) is 0 Å². The molecule has 2 N–H and O–H groups in total. The second kappa shape index (κ2) is 7.97. The summed E-state index contributed by atoms with van der Waals surface area (Å²) in [6.45, 7) is 7.64. The van der Waals surface area contributed by atoms with Crippen LogP contribution in [0.15, 0.2) is 0 Å². The number of ether oxygens (including phenoxy) is 1. The van der Waals surface area contributed by atoms with Crippen LogP contribution in [0.3, 0.4) is 0 Å². The number of amides is 3. The first-order valence-corrected chi connectivity index (χ1v) is 7.21. The fourth-order valence-electron chi connectivity index (χ4n) is 2.36. The fourth-order valence-corrected chi connectivity index (χ4v) is 2.36. The predicted octanol–water partition coefficient (Wildman–Crippen LogP) is 0.209. The van der Waals surface area contributed by atoms with Crippen molar-refractivity contribution in [2.24, 2.45) is 17.8 Å². The monoisotopic (exact) mass is 299 g/mol. The van der Waals surface area contributed by atoms with E-state index in [1.165, 1.54) is 7.11 Å². The summed E-state index contributed by atoms with van der Waals surface area (Å²) < 4.78 is 4.75. The lowest BCUT2D eigenvalue weighted by Crippen LogP contribution is -2.45. The molecule has 0 aromatic heterocycles. The highest BCUT2D eigenvalue weighted by Crippen LogP contribution is 2.23. The zero-order valence-electron chi connectivity index (χ0n) is 13.1. The van der Waals surface area contributed by atoms with Gasteiger partial charge in [-0.05, 0) is 11.8 Å². The van der Waals surface area contributed by atoms with Crippen molar-refractivity contribution in [2.75, 3.05) is 33.3 Å². The number of carbonyl (C=O) groups excluding carboxylic acids is 3. The summed E-state index contributed by atoms with van der Waals surface area (Å²) in [4.78, 5) is 36.7. The third kappa shape index (κ3) is 5.71. The Labute approximate surface area is 125 Å². The van der Waals surface area contributed by atoms with Gasteiger partial charge >= 0.3 is 12.0 Å². The third-order valence-corrected chi connectivity index (χ3v) is 3.48. The molecule has 0 saturated carbocycles. The Morgan fingerprint density at radius 2 is 1.95 bits per heavy atom. The number of methoxy groups -OCH3 is 1. The summed E-state index contributed by atoms with van der Waals surface area (Å²) in [5.41, 5.74) is 0. The summed E-state index contributed by atoms with van der Waals surface area (Å²) in [5, 5.41) is 4.91. The third-order valence-electron chi connectivity index (χ3n) is 3.48. The molecule has 1 heterocycles. The molecule has 7 nitrogen and oxygen atoms in total. The molecule has 1 saturated heterocycles. The molecule has 0 radical (unpaired) electrons. The van der Waals surface area contributed by atoms with Gasteiger partial charge in [0.2, 0.25) is 5.91 Å². The maximum atomic E-state index is 11.8. The summed E-state index contributed by atoms with van der Waals surface area (Å²) in [5.74, 6) is -0.363. The number of esters is 1. The van der Waals surface area contributed by atoms with Crippen molar-refractivity contribution in [3.05, 3.63) is 0 Å². The fraction of sp³-hybridized carbons (Fsp3) is 0.786. The molecule has 0 aromatic rings. The Morgan fingerprint density at radius 1 is 1.29 bits per heavy atom. The predicted molar refractivity (Wildman–Crippen MR) is 77.5 cm³/mol. The lowest BCUT2D eigenvalue weighted by atomic mass is 9.99. The number of carbonyl (C=O) groups is 3. The average molecular weight is 299 g/mol. The van der Waals surface area contributed by atoms with E-state index < -0.39 is 6.03 Å². The number of nitrogens with zero attached hydrogens (tertiary/aromatic N) is 1. The highest BCUT2D eigenvalue weighted by Gasteiger charge is 2.36. The first-order chi connectivity index (χ1) is 9.83. The highest BCUT2D eigenvalue weighted by molar-refractivity contribution is 5.95. The minimum atomic E-state index is -0.481. The van der Waals surface area contributed by atoms with Gasteiger partial charge in [-0.1, -0.05) is 20.8 Å². The maximum Gasteiger partial charge on any atom is 0.321 e. The number of likely N-dealkylation sites (tertiary alicyclic amines) is 1. The van der Waals surface area contributed by atoms with Crippen LogP contribution < -0.4 is 10.6 Å². The topological polar surface area (TPSA) is 87.7 Å². The molecule has 1 rings (SSSR count). The standard InChI is InChI=1S/C14H25N3O4/c1-9(2)5-15-14(20)16-12(18)8-17-6-10(3)11(7-17)13(19)21-4/h9-11H,5-8H2,1-4H3,(H2,15,16,18,20). The van der Waals surface area contributed by atoms with Gasteiger partial charge in [-0.25, -0.2) is 4.79 Å². The van der Waals surface area contributed by atoms with E-state index in [0.29, 0.717) is 25.6 Å². The number of rotatable bonds is 5. The van der Waals surface area contributed by atoms with Crippen LogP contribution in [0.25, 0.3) is 0 Å². The Kier molecular flexibility index (Phi) is 6.61. The van der Waals surface area contributed by atoms with Crippen LogP contribution in [0, 0.1) is 17.8 Å². The van der Waals surface area contributed by atoms with Crippen molar-refractivity contribution in [3.63, 3.8) is 0 Å². The second-order valence-corrected chi connectivity index (χ2v) is 5.95. The van der Waals surface area contributed by atoms with Gasteiger partial charge in [0.05, 0.1) is 19.6 Å². The van der Waals surface area contributed by atoms with Crippen molar-refractivity contribution in [3.8, 4) is 0 Å². The van der Waals surface area contributed by atoms with Crippen molar-refractivity contribution in [1.29, 1.82) is 0 Å². The molecule has 7 heteroatoms. The van der Waals surface area contributed by atoms with Gasteiger partial charge in [-0.2, -0.15) is 0 Å². The Bertz CT molecular complexity index is 398. The number of imide groups is 1. The van der Waals surface area contributed by atoms with Crippen molar-refractivity contribution in [1.82, 2.24) is 15.5 Å². The molecule has 0 aromatic carbocycles. The molecule has 0 aliphatic carbocycles. The zero-order valence-corrected chi connectivity index (χ0v) is 13.1. The van der Waals surface area contributed by atoms with Gasteiger partial charge in [0.15, 0.2) is 0 Å². The van der Waals surface area contributed by atoms with Gasteiger partial charge in [0, 0.05) is 19.6 Å². The van der Waals surface area contributed by atoms with E-state index in [9.17, 15) is 14.4 Å². The van der Waals surface area contributed by atoms with Crippen molar-refractivity contribution in [2.45, 2.75) is 20.8 Å². The molecule has 0 bridgehead atoms. The van der Waals surface area contributed by atoms with Gasteiger partial charge < -0.3 is 10.1 Å². The summed E-state index contributed by atoms with van der Waals surface area (Å²) >= 11 is 0. The van der Waals surface area contributed by atoms with E-state index in [2.05, 4.69) is 10.6 Å². The first kappa shape index (κ1) is 17.4. The van der Waals surface area contributed by atoms with E-state index >= 15 is 0 Å². The van der Waals surface area contributed by atoms with Crippen LogP contribution in [-0.4, -0.2) is 56.1 Å². The van der Waals surface area contributed by atoms with Gasteiger partial charge in [0.25, 0.3) is 0 Å². The normalized spacial score (nSPS) is 22.1. The largest absolute Gasteiger partial charge is 0.469 e. The van der Waals surface area contributed by atoms with Crippen molar-refractivity contribution >= 4 is 17.9 Å². The molecule has 1 aliphatic heterocycles. The quantitative estimate of drug-likeness (QED) is 0.709. The van der Waals surface area contributed by atoms with Crippen LogP contribution >= 0.6 is 0 Å². The van der Waals surface area contributed by atoms with Crippen LogP contribution in [0.1, 0.15) is 20.8 Å². The molecule has 2 atom stereocenters. The van der Waals surface area contributed by atoms with Gasteiger partial charge in [-0.3, -0.25) is 19.8 Å². The zero-order chi connectivity index (χ0) is 16.0. The number of hydrogen-bond acceptors (Lipinski definition) is 5. The second-order valence-electron chi connectivity index (χ2n) is 5.95. The van der Waals surface area contributed by atoms with E-state index in [1.54, 1.807) is 0 Å². The van der Waals surface area contributed by atoms with E-state index in [0.717, 1.165) is 0 Å². The lowest BCUT2D eigenvalue weighted by Gasteiger charge is -2.15. The SMILES string of the molecule is COC(=O)C1CN(CC(=O)NC(=O)NCC(C)C)CC1C. The minimum Gasteiger partial charge on any atom is -0.469 e. The maximum absolute atomic E-state index is 11.8. The molecule has 1 fully saturated rings. The van der Waals surface area contributed by atoms with E-state index in [4.69, 9.17) is 4.74 Å². The molecule has 1 aliphatic rings. The molecular formula is C14H25N3O4. The molecule has 3 amide bonds.